The van der Waals surface area contributed by atoms with Crippen molar-refractivity contribution in [2.24, 2.45) is 0 Å². The van der Waals surface area contributed by atoms with Crippen molar-refractivity contribution in [3.8, 4) is 0 Å². The fourth-order valence-electron chi connectivity index (χ4n) is 6.52. The molecule has 1 aromatic heterocycles. The molecule has 4 heterocycles. The van der Waals surface area contributed by atoms with E-state index >= 15 is 0 Å². The maximum atomic E-state index is 14.4. The molecule has 3 aliphatic rings. The maximum Gasteiger partial charge on any atom is 0.351 e. The van der Waals surface area contributed by atoms with Gasteiger partial charge in [0.2, 0.25) is 0 Å². The summed E-state index contributed by atoms with van der Waals surface area (Å²) >= 11 is 0. The molecule has 2 aromatic carbocycles. The zero-order valence-electron chi connectivity index (χ0n) is 26.0. The van der Waals surface area contributed by atoms with E-state index in [1.807, 2.05) is 49.4 Å². The lowest BCUT2D eigenvalue weighted by Gasteiger charge is -2.39. The van der Waals surface area contributed by atoms with Gasteiger partial charge < -0.3 is 19.7 Å². The highest BCUT2D eigenvalue weighted by Crippen LogP contribution is 2.45. The highest BCUT2D eigenvalue weighted by atomic mass is 19.1. The predicted octanol–water partition coefficient (Wildman–Crippen LogP) is 3.43. The fourth-order valence-corrected chi connectivity index (χ4v) is 6.52. The molecule has 10 nitrogen and oxygen atoms in total. The van der Waals surface area contributed by atoms with Crippen molar-refractivity contribution in [1.82, 2.24) is 19.4 Å². The minimum atomic E-state index is -0.490. The van der Waals surface area contributed by atoms with Crippen molar-refractivity contribution in [2.45, 2.75) is 32.9 Å². The number of nitrogens with zero attached hydrogens (tertiary/aromatic N) is 5. The molecule has 1 N–H and O–H groups in total. The Balaban J connectivity index is 1.40. The predicted molar refractivity (Wildman–Crippen MR) is 171 cm³/mol. The van der Waals surface area contributed by atoms with Gasteiger partial charge in [-0.15, -0.1) is 0 Å². The van der Waals surface area contributed by atoms with E-state index in [0.717, 1.165) is 24.2 Å². The number of ether oxygens (including phenoxy) is 2. The number of piperazine rings is 1. The SMILES string of the molecule is CCOC(=O)C1=C(C)Nc2c(c(N3CCN(Cc4ccccc4F)CC3)nc(=O)n2CCN2CCOCC2)C1c1ccccc1. The molecule has 0 saturated carbocycles. The third-order valence-corrected chi connectivity index (χ3v) is 8.88. The van der Waals surface area contributed by atoms with E-state index < -0.39 is 11.9 Å². The standard InChI is InChI=1S/C34H41FN6O4/c1-3-45-33(42)28-24(2)36-32-30(29(28)25-9-5-4-6-10-25)31(37-34(43)41(32)18-15-38-19-21-44-22-20-38)40-16-13-39(14-17-40)23-26-11-7-8-12-27(26)35/h4-12,29,36H,3,13-23H2,1-2H3. The summed E-state index contributed by atoms with van der Waals surface area (Å²) in [7, 11) is 0. The van der Waals surface area contributed by atoms with E-state index in [-0.39, 0.29) is 18.1 Å². The Morgan fingerprint density at radius 3 is 2.40 bits per heavy atom. The molecule has 11 heteroatoms. The van der Waals surface area contributed by atoms with Gasteiger partial charge in [-0.3, -0.25) is 14.4 Å². The summed E-state index contributed by atoms with van der Waals surface area (Å²) in [5, 5.41) is 3.45. The number of carbonyl (C=O) groups is 1. The molecule has 0 bridgehead atoms. The van der Waals surface area contributed by atoms with Gasteiger partial charge in [0.15, 0.2) is 0 Å². The molecule has 0 radical (unpaired) electrons. The number of hydrogen-bond donors (Lipinski definition) is 1. The molecular weight excluding hydrogens is 575 g/mol. The van der Waals surface area contributed by atoms with E-state index in [4.69, 9.17) is 14.5 Å². The Bertz CT molecular complexity index is 1600. The van der Waals surface area contributed by atoms with E-state index in [2.05, 4.69) is 20.0 Å². The van der Waals surface area contributed by atoms with Crippen LogP contribution in [0.25, 0.3) is 0 Å². The summed E-state index contributed by atoms with van der Waals surface area (Å²) < 4.78 is 27.2. The first-order chi connectivity index (χ1) is 21.9. The maximum absolute atomic E-state index is 14.4. The minimum Gasteiger partial charge on any atom is -0.463 e. The van der Waals surface area contributed by atoms with Gasteiger partial charge in [0.25, 0.3) is 0 Å². The zero-order valence-corrected chi connectivity index (χ0v) is 26.0. The number of rotatable bonds is 9. The molecule has 0 aliphatic carbocycles. The molecule has 2 fully saturated rings. The van der Waals surface area contributed by atoms with Crippen LogP contribution in [0.4, 0.5) is 16.0 Å². The first kappa shape index (κ1) is 30.9. The number of aromatic nitrogens is 2. The summed E-state index contributed by atoms with van der Waals surface area (Å²) in [6.07, 6.45) is 0. The molecule has 1 unspecified atom stereocenters. The molecule has 3 aromatic rings. The van der Waals surface area contributed by atoms with Crippen molar-refractivity contribution >= 4 is 17.6 Å². The van der Waals surface area contributed by atoms with Crippen molar-refractivity contribution in [3.05, 3.63) is 98.9 Å². The Morgan fingerprint density at radius 2 is 1.69 bits per heavy atom. The first-order valence-electron chi connectivity index (χ1n) is 15.8. The van der Waals surface area contributed by atoms with Crippen LogP contribution in [0.3, 0.4) is 0 Å². The second-order valence-corrected chi connectivity index (χ2v) is 11.7. The monoisotopic (exact) mass is 616 g/mol. The Kier molecular flexibility index (Phi) is 9.58. The Labute approximate surface area is 263 Å². The average molecular weight is 617 g/mol. The largest absolute Gasteiger partial charge is 0.463 e. The van der Waals surface area contributed by atoms with Crippen LogP contribution in [0, 0.1) is 5.82 Å². The summed E-state index contributed by atoms with van der Waals surface area (Å²) in [4.78, 5) is 38.7. The van der Waals surface area contributed by atoms with Gasteiger partial charge in [-0.1, -0.05) is 48.5 Å². The number of nitrogens with one attached hydrogen (secondary N) is 1. The number of benzene rings is 2. The molecule has 2 saturated heterocycles. The van der Waals surface area contributed by atoms with Gasteiger partial charge in [-0.05, 0) is 25.5 Å². The highest BCUT2D eigenvalue weighted by molar-refractivity contribution is 5.95. The number of halogens is 1. The van der Waals surface area contributed by atoms with Crippen LogP contribution >= 0.6 is 0 Å². The van der Waals surface area contributed by atoms with Gasteiger partial charge in [0, 0.05) is 75.7 Å². The minimum absolute atomic E-state index is 0.207. The second kappa shape index (κ2) is 13.9. The van der Waals surface area contributed by atoms with Gasteiger partial charge in [0.1, 0.15) is 17.5 Å². The summed E-state index contributed by atoms with van der Waals surface area (Å²) in [6.45, 7) is 11.1. The molecule has 1 atom stereocenters. The van der Waals surface area contributed by atoms with Crippen LogP contribution in [-0.2, 0) is 27.4 Å². The quantitative estimate of drug-likeness (QED) is 0.363. The molecular formula is C34H41FN6O4. The van der Waals surface area contributed by atoms with Crippen molar-refractivity contribution in [2.75, 3.05) is 75.9 Å². The van der Waals surface area contributed by atoms with E-state index in [9.17, 15) is 14.0 Å². The number of anilines is 2. The summed E-state index contributed by atoms with van der Waals surface area (Å²) in [5.41, 5.74) is 3.20. The fraction of sp³-hybridized carbons (Fsp3) is 0.441. The van der Waals surface area contributed by atoms with Crippen LogP contribution in [0.15, 0.2) is 70.7 Å². The van der Waals surface area contributed by atoms with Crippen molar-refractivity contribution in [3.63, 3.8) is 0 Å². The van der Waals surface area contributed by atoms with Gasteiger partial charge in [-0.25, -0.2) is 14.0 Å². The zero-order chi connectivity index (χ0) is 31.3. The third-order valence-electron chi connectivity index (χ3n) is 8.88. The van der Waals surface area contributed by atoms with E-state index in [1.54, 1.807) is 17.6 Å². The molecule has 45 heavy (non-hydrogen) atoms. The van der Waals surface area contributed by atoms with Crippen LogP contribution in [-0.4, -0.2) is 91.0 Å². The summed E-state index contributed by atoms with van der Waals surface area (Å²) in [5.74, 6) is 0.136. The normalized spacial score (nSPS) is 19.3. The van der Waals surface area contributed by atoms with E-state index in [1.165, 1.54) is 6.07 Å². The lowest BCUT2D eigenvalue weighted by Crippen LogP contribution is -2.48. The van der Waals surface area contributed by atoms with Crippen LogP contribution < -0.4 is 15.9 Å². The van der Waals surface area contributed by atoms with Crippen molar-refractivity contribution < 1.29 is 18.7 Å². The number of esters is 1. The number of morpholine rings is 1. The average Bonchev–Trinajstić information content (AvgIpc) is 3.06. The van der Waals surface area contributed by atoms with Crippen LogP contribution in [0.5, 0.6) is 0 Å². The second-order valence-electron chi connectivity index (χ2n) is 11.7. The summed E-state index contributed by atoms with van der Waals surface area (Å²) in [6, 6.07) is 16.7. The van der Waals surface area contributed by atoms with Crippen molar-refractivity contribution in [1.29, 1.82) is 0 Å². The third kappa shape index (κ3) is 6.66. The number of carbonyl (C=O) groups excluding carboxylic acids is 1. The number of hydrogen-bond acceptors (Lipinski definition) is 9. The number of fused-ring (bicyclic) bond motifs is 1. The van der Waals surface area contributed by atoms with Crippen LogP contribution in [0.1, 0.15) is 36.5 Å². The van der Waals surface area contributed by atoms with Gasteiger partial charge in [0.05, 0.1) is 31.3 Å². The van der Waals surface area contributed by atoms with Gasteiger partial charge in [-0.2, -0.15) is 4.98 Å². The topological polar surface area (TPSA) is 92.2 Å². The lowest BCUT2D eigenvalue weighted by atomic mass is 9.81. The Morgan fingerprint density at radius 1 is 0.978 bits per heavy atom. The molecule has 0 amide bonds. The van der Waals surface area contributed by atoms with E-state index in [0.29, 0.717) is 87.5 Å². The molecule has 238 valence electrons. The first-order valence-corrected chi connectivity index (χ1v) is 15.8. The lowest BCUT2D eigenvalue weighted by molar-refractivity contribution is -0.138. The van der Waals surface area contributed by atoms with Crippen LogP contribution in [0.2, 0.25) is 0 Å². The number of allylic oxidation sites excluding steroid dienone is 1. The molecule has 3 aliphatic heterocycles. The molecule has 6 rings (SSSR count). The Hall–Kier alpha value is -4.06. The highest BCUT2D eigenvalue weighted by Gasteiger charge is 2.39. The molecule has 0 spiro atoms. The van der Waals surface area contributed by atoms with Gasteiger partial charge >= 0.3 is 11.7 Å². The smallest absolute Gasteiger partial charge is 0.351 e.